The Bertz CT molecular complexity index is 234. The Balaban J connectivity index is 2.50. The molecule has 0 saturated carbocycles. The zero-order chi connectivity index (χ0) is 11.6. The maximum Gasteiger partial charge on any atom is 0.410 e. The molecular formula is C11H21NO3. The van der Waals surface area contributed by atoms with Gasteiger partial charge in [-0.25, -0.2) is 4.79 Å². The fourth-order valence-electron chi connectivity index (χ4n) is 1.73. The van der Waals surface area contributed by atoms with Gasteiger partial charge in [-0.15, -0.1) is 0 Å². The summed E-state index contributed by atoms with van der Waals surface area (Å²) >= 11 is 0. The van der Waals surface area contributed by atoms with Crippen molar-refractivity contribution in [1.82, 2.24) is 4.90 Å². The van der Waals surface area contributed by atoms with Crippen LogP contribution in [0.25, 0.3) is 0 Å². The highest BCUT2D eigenvalue weighted by molar-refractivity contribution is 5.68. The van der Waals surface area contributed by atoms with Crippen LogP contribution in [0.2, 0.25) is 0 Å². The molecule has 0 aromatic heterocycles. The molecule has 0 aliphatic carbocycles. The van der Waals surface area contributed by atoms with E-state index in [1.807, 2.05) is 27.7 Å². The Hall–Kier alpha value is -0.770. The quantitative estimate of drug-likeness (QED) is 0.723. The number of nitrogens with zero attached hydrogens (tertiary/aromatic N) is 1. The van der Waals surface area contributed by atoms with E-state index in [0.717, 1.165) is 6.42 Å². The summed E-state index contributed by atoms with van der Waals surface area (Å²) in [5.41, 5.74) is -0.466. The van der Waals surface area contributed by atoms with Gasteiger partial charge >= 0.3 is 6.09 Å². The van der Waals surface area contributed by atoms with Gasteiger partial charge in [0.05, 0.1) is 12.6 Å². The van der Waals surface area contributed by atoms with E-state index in [9.17, 15) is 9.90 Å². The van der Waals surface area contributed by atoms with Crippen LogP contribution in [0.4, 0.5) is 4.79 Å². The maximum atomic E-state index is 11.7. The molecule has 1 N–H and O–H groups in total. The zero-order valence-corrected chi connectivity index (χ0v) is 9.99. The predicted molar refractivity (Wildman–Crippen MR) is 57.6 cm³/mol. The number of rotatable bonds is 1. The van der Waals surface area contributed by atoms with Crippen LogP contribution < -0.4 is 0 Å². The number of β-amino-alcohol motifs (C(OH)–C–C–N with tert-alkyl or cyclic N) is 1. The average molecular weight is 215 g/mol. The van der Waals surface area contributed by atoms with E-state index in [0.29, 0.717) is 13.1 Å². The van der Waals surface area contributed by atoms with Crippen molar-refractivity contribution >= 4 is 6.09 Å². The number of likely N-dealkylation sites (tertiary alicyclic amines) is 1. The standard InChI is InChI=1S/C11H21NO3/c1-5-8-6-12(7-9(8)13)10(14)15-11(2,3)4/h8-9,13H,5-7H2,1-4H3/t8-,9-/m0/s1. The van der Waals surface area contributed by atoms with Crippen LogP contribution in [-0.4, -0.2) is 40.9 Å². The second-order valence-corrected chi connectivity index (χ2v) is 5.12. The summed E-state index contributed by atoms with van der Waals surface area (Å²) in [6.45, 7) is 8.55. The Morgan fingerprint density at radius 3 is 2.47 bits per heavy atom. The van der Waals surface area contributed by atoms with Crippen LogP contribution in [0.5, 0.6) is 0 Å². The lowest BCUT2D eigenvalue weighted by Crippen LogP contribution is -2.35. The van der Waals surface area contributed by atoms with Crippen LogP contribution in [0, 0.1) is 5.92 Å². The molecule has 0 aromatic carbocycles. The van der Waals surface area contributed by atoms with Crippen LogP contribution >= 0.6 is 0 Å². The van der Waals surface area contributed by atoms with E-state index in [4.69, 9.17) is 4.74 Å². The molecule has 1 heterocycles. The average Bonchev–Trinajstić information content (AvgIpc) is 2.43. The summed E-state index contributed by atoms with van der Waals surface area (Å²) in [6.07, 6.45) is 0.167. The molecular weight excluding hydrogens is 194 g/mol. The number of ether oxygens (including phenoxy) is 1. The van der Waals surface area contributed by atoms with Crippen molar-refractivity contribution in [1.29, 1.82) is 0 Å². The molecule has 15 heavy (non-hydrogen) atoms. The first kappa shape index (κ1) is 12.3. The first-order valence-corrected chi connectivity index (χ1v) is 5.49. The Kier molecular flexibility index (Phi) is 3.60. The Morgan fingerprint density at radius 1 is 1.47 bits per heavy atom. The highest BCUT2D eigenvalue weighted by Gasteiger charge is 2.34. The lowest BCUT2D eigenvalue weighted by atomic mass is 10.0. The second-order valence-electron chi connectivity index (χ2n) is 5.12. The molecule has 0 spiro atoms. The minimum atomic E-state index is -0.466. The van der Waals surface area contributed by atoms with Gasteiger partial charge in [0, 0.05) is 12.5 Å². The number of aliphatic hydroxyl groups excluding tert-OH is 1. The molecule has 88 valence electrons. The highest BCUT2D eigenvalue weighted by Crippen LogP contribution is 2.21. The molecule has 1 amide bonds. The van der Waals surface area contributed by atoms with Crippen molar-refractivity contribution in [2.75, 3.05) is 13.1 Å². The van der Waals surface area contributed by atoms with Crippen molar-refractivity contribution < 1.29 is 14.6 Å². The molecule has 0 unspecified atom stereocenters. The molecule has 4 nitrogen and oxygen atoms in total. The molecule has 1 saturated heterocycles. The van der Waals surface area contributed by atoms with Crippen LogP contribution in [0.15, 0.2) is 0 Å². The van der Waals surface area contributed by atoms with Gasteiger partial charge in [0.2, 0.25) is 0 Å². The fourth-order valence-corrected chi connectivity index (χ4v) is 1.73. The van der Waals surface area contributed by atoms with Gasteiger partial charge in [-0.3, -0.25) is 0 Å². The molecule has 0 radical (unpaired) electrons. The normalized spacial score (nSPS) is 26.9. The van der Waals surface area contributed by atoms with E-state index >= 15 is 0 Å². The fraction of sp³-hybridized carbons (Fsp3) is 0.909. The van der Waals surface area contributed by atoms with E-state index in [2.05, 4.69) is 0 Å². The number of amides is 1. The highest BCUT2D eigenvalue weighted by atomic mass is 16.6. The second kappa shape index (κ2) is 4.39. The van der Waals surface area contributed by atoms with Gasteiger partial charge in [0.15, 0.2) is 0 Å². The molecule has 2 atom stereocenters. The summed E-state index contributed by atoms with van der Waals surface area (Å²) in [4.78, 5) is 13.2. The number of hydrogen-bond donors (Lipinski definition) is 1. The topological polar surface area (TPSA) is 49.8 Å². The third kappa shape index (κ3) is 3.38. The first-order valence-electron chi connectivity index (χ1n) is 5.49. The molecule has 0 bridgehead atoms. The monoisotopic (exact) mass is 215 g/mol. The lowest BCUT2D eigenvalue weighted by Gasteiger charge is -2.24. The maximum absolute atomic E-state index is 11.7. The van der Waals surface area contributed by atoms with Crippen LogP contribution in [0.3, 0.4) is 0 Å². The first-order chi connectivity index (χ1) is 6.83. The third-order valence-corrected chi connectivity index (χ3v) is 2.58. The van der Waals surface area contributed by atoms with Gasteiger partial charge in [0.1, 0.15) is 5.60 Å². The molecule has 0 aromatic rings. The van der Waals surface area contributed by atoms with Gasteiger partial charge in [-0.1, -0.05) is 6.92 Å². The summed E-state index contributed by atoms with van der Waals surface area (Å²) in [5.74, 6) is 0.192. The van der Waals surface area contributed by atoms with Crippen molar-refractivity contribution in [2.24, 2.45) is 5.92 Å². The number of carbonyl (C=O) groups excluding carboxylic acids is 1. The molecule has 1 rings (SSSR count). The summed E-state index contributed by atoms with van der Waals surface area (Å²) in [5, 5.41) is 9.66. The van der Waals surface area contributed by atoms with E-state index in [1.54, 1.807) is 4.90 Å². The third-order valence-electron chi connectivity index (χ3n) is 2.58. The molecule has 4 heteroatoms. The van der Waals surface area contributed by atoms with Gasteiger partial charge in [-0.05, 0) is 27.2 Å². The summed E-state index contributed by atoms with van der Waals surface area (Å²) in [6, 6.07) is 0. The summed E-state index contributed by atoms with van der Waals surface area (Å²) in [7, 11) is 0. The van der Waals surface area contributed by atoms with Crippen molar-refractivity contribution in [3.63, 3.8) is 0 Å². The van der Waals surface area contributed by atoms with E-state index < -0.39 is 11.7 Å². The lowest BCUT2D eigenvalue weighted by molar-refractivity contribution is 0.0270. The van der Waals surface area contributed by atoms with Gasteiger partial charge in [0.25, 0.3) is 0 Å². The zero-order valence-electron chi connectivity index (χ0n) is 9.99. The number of aliphatic hydroxyl groups is 1. The predicted octanol–water partition coefficient (Wildman–Crippen LogP) is 1.62. The van der Waals surface area contributed by atoms with Gasteiger partial charge in [-0.2, -0.15) is 0 Å². The van der Waals surface area contributed by atoms with Crippen molar-refractivity contribution in [2.45, 2.75) is 45.8 Å². The Morgan fingerprint density at radius 2 is 2.07 bits per heavy atom. The van der Waals surface area contributed by atoms with Crippen LogP contribution in [0.1, 0.15) is 34.1 Å². The summed E-state index contributed by atoms with van der Waals surface area (Å²) < 4.78 is 5.24. The van der Waals surface area contributed by atoms with E-state index in [1.165, 1.54) is 0 Å². The van der Waals surface area contributed by atoms with Crippen LogP contribution in [-0.2, 0) is 4.74 Å². The minimum absolute atomic E-state index is 0.192. The number of carbonyl (C=O) groups is 1. The van der Waals surface area contributed by atoms with Crippen molar-refractivity contribution in [3.05, 3.63) is 0 Å². The minimum Gasteiger partial charge on any atom is -0.444 e. The Labute approximate surface area is 91.2 Å². The SMILES string of the molecule is CC[C@H]1CN(C(=O)OC(C)(C)C)C[C@@H]1O. The van der Waals surface area contributed by atoms with Gasteiger partial charge < -0.3 is 14.7 Å². The molecule has 1 fully saturated rings. The molecule has 1 aliphatic rings. The smallest absolute Gasteiger partial charge is 0.410 e. The largest absolute Gasteiger partial charge is 0.444 e. The van der Waals surface area contributed by atoms with E-state index in [-0.39, 0.29) is 12.0 Å². The molecule has 1 aliphatic heterocycles. The van der Waals surface area contributed by atoms with Crippen molar-refractivity contribution in [3.8, 4) is 0 Å². The number of hydrogen-bond acceptors (Lipinski definition) is 3.